The Hall–Kier alpha value is -2.41. The number of aromatic nitrogens is 1. The van der Waals surface area contributed by atoms with Crippen molar-refractivity contribution in [1.29, 1.82) is 0 Å². The molecule has 0 unspecified atom stereocenters. The molecule has 1 fully saturated rings. The Bertz CT molecular complexity index is 950. The van der Waals surface area contributed by atoms with Gasteiger partial charge in [-0.3, -0.25) is 9.59 Å². The third kappa shape index (κ3) is 5.14. The molecule has 2 heterocycles. The minimum atomic E-state index is -0.0212. The average molecular weight is 456 g/mol. The number of unbranched alkanes of at least 4 members (excludes halogenated alkanes) is 1. The first-order valence-corrected chi connectivity index (χ1v) is 12.8. The van der Waals surface area contributed by atoms with E-state index < -0.39 is 0 Å². The number of thiazole rings is 1. The van der Waals surface area contributed by atoms with Gasteiger partial charge in [0.1, 0.15) is 5.75 Å². The number of ether oxygens (including phenoxy) is 1. The van der Waals surface area contributed by atoms with Gasteiger partial charge in [-0.25, -0.2) is 4.98 Å². The van der Waals surface area contributed by atoms with Gasteiger partial charge in [-0.05, 0) is 56.2 Å². The minimum absolute atomic E-state index is 0.0212. The Morgan fingerprint density at radius 3 is 2.78 bits per heavy atom. The number of carbonyl (C=O) groups excluding carboxylic acids is 2. The van der Waals surface area contributed by atoms with Crippen LogP contribution in [0.4, 0.5) is 10.8 Å². The van der Waals surface area contributed by atoms with E-state index in [-0.39, 0.29) is 24.3 Å². The molecule has 7 heteroatoms. The Morgan fingerprint density at radius 1 is 1.22 bits per heavy atom. The molecule has 2 aromatic rings. The van der Waals surface area contributed by atoms with Gasteiger partial charge >= 0.3 is 0 Å². The Balaban J connectivity index is 1.40. The van der Waals surface area contributed by atoms with Crippen molar-refractivity contribution in [2.24, 2.45) is 11.8 Å². The van der Waals surface area contributed by atoms with Gasteiger partial charge in [-0.2, -0.15) is 0 Å². The first-order chi connectivity index (χ1) is 15.6. The van der Waals surface area contributed by atoms with Crippen molar-refractivity contribution in [3.05, 3.63) is 23.6 Å². The molecule has 2 aliphatic rings. The molecule has 0 saturated heterocycles. The SMILES string of the molecule is CCCCC1CCC(C(=O)Nc2nc(-c3ccc4c(c3)N(CCC)C(=O)CO4)cs2)CC1. The monoisotopic (exact) mass is 455 g/mol. The molecule has 2 amide bonds. The van der Waals surface area contributed by atoms with E-state index in [1.54, 1.807) is 4.90 Å². The van der Waals surface area contributed by atoms with Crippen LogP contribution in [0, 0.1) is 11.8 Å². The highest BCUT2D eigenvalue weighted by Crippen LogP contribution is 2.37. The van der Waals surface area contributed by atoms with Gasteiger partial charge in [0.25, 0.3) is 5.91 Å². The van der Waals surface area contributed by atoms with Crippen molar-refractivity contribution in [3.63, 3.8) is 0 Å². The fraction of sp³-hybridized carbons (Fsp3) is 0.560. The van der Waals surface area contributed by atoms with Crippen molar-refractivity contribution in [2.45, 2.75) is 65.2 Å². The van der Waals surface area contributed by atoms with Crippen LogP contribution in [0.2, 0.25) is 0 Å². The third-order valence-corrected chi connectivity index (χ3v) is 7.32. The van der Waals surface area contributed by atoms with Crippen molar-refractivity contribution in [2.75, 3.05) is 23.4 Å². The number of amides is 2. The van der Waals surface area contributed by atoms with Gasteiger partial charge in [0.05, 0.1) is 11.4 Å². The van der Waals surface area contributed by atoms with E-state index in [0.717, 1.165) is 60.7 Å². The van der Waals surface area contributed by atoms with Crippen LogP contribution in [-0.4, -0.2) is 29.9 Å². The van der Waals surface area contributed by atoms with Crippen LogP contribution in [0.1, 0.15) is 65.2 Å². The first-order valence-electron chi connectivity index (χ1n) is 11.9. The standard InChI is InChI=1S/C25H33N3O3S/c1-3-5-6-17-7-9-18(10-8-17)24(30)27-25-26-20(16-32-25)19-11-12-22-21(14-19)28(13-4-2)23(29)15-31-22/h11-12,14,16-18H,3-10,13,15H2,1-2H3,(H,26,27,30). The van der Waals surface area contributed by atoms with Crippen LogP contribution < -0.4 is 15.0 Å². The van der Waals surface area contributed by atoms with Gasteiger partial charge in [0.2, 0.25) is 5.91 Å². The highest BCUT2D eigenvalue weighted by Gasteiger charge is 2.27. The molecule has 6 nitrogen and oxygen atoms in total. The second-order valence-electron chi connectivity index (χ2n) is 8.90. The number of benzene rings is 1. The van der Waals surface area contributed by atoms with Gasteiger partial charge < -0.3 is 15.0 Å². The maximum atomic E-state index is 12.8. The highest BCUT2D eigenvalue weighted by atomic mass is 32.1. The number of carbonyl (C=O) groups is 2. The Morgan fingerprint density at radius 2 is 2.03 bits per heavy atom. The summed E-state index contributed by atoms with van der Waals surface area (Å²) in [4.78, 5) is 31.5. The van der Waals surface area contributed by atoms with Crippen LogP contribution in [0.15, 0.2) is 23.6 Å². The summed E-state index contributed by atoms with van der Waals surface area (Å²) in [7, 11) is 0. The van der Waals surface area contributed by atoms with Gasteiger partial charge in [-0.1, -0.05) is 33.1 Å². The van der Waals surface area contributed by atoms with Crippen LogP contribution in [-0.2, 0) is 9.59 Å². The molecule has 0 spiro atoms. The summed E-state index contributed by atoms with van der Waals surface area (Å²) in [5.74, 6) is 1.68. The lowest BCUT2D eigenvalue weighted by atomic mass is 9.79. The van der Waals surface area contributed by atoms with Gasteiger partial charge in [-0.15, -0.1) is 11.3 Å². The summed E-state index contributed by atoms with van der Waals surface area (Å²) in [5, 5.41) is 5.62. The lowest BCUT2D eigenvalue weighted by Crippen LogP contribution is -2.39. The van der Waals surface area contributed by atoms with E-state index in [0.29, 0.717) is 11.7 Å². The summed E-state index contributed by atoms with van der Waals surface area (Å²) in [6.07, 6.45) is 8.99. The minimum Gasteiger partial charge on any atom is -0.482 e. The molecule has 4 rings (SSSR count). The largest absolute Gasteiger partial charge is 0.482 e. The summed E-state index contributed by atoms with van der Waals surface area (Å²) in [5.41, 5.74) is 2.50. The number of nitrogens with zero attached hydrogens (tertiary/aromatic N) is 2. The number of anilines is 2. The molecule has 32 heavy (non-hydrogen) atoms. The molecule has 1 aliphatic carbocycles. The number of hydrogen-bond donors (Lipinski definition) is 1. The molecule has 0 radical (unpaired) electrons. The van der Waals surface area contributed by atoms with Crippen LogP contribution in [0.5, 0.6) is 5.75 Å². The first kappa shape index (κ1) is 22.8. The summed E-state index contributed by atoms with van der Waals surface area (Å²) in [6, 6.07) is 5.81. The van der Waals surface area contributed by atoms with Crippen LogP contribution >= 0.6 is 11.3 Å². The maximum Gasteiger partial charge on any atom is 0.265 e. The lowest BCUT2D eigenvalue weighted by molar-refractivity contribution is -0.121. The molecule has 1 aliphatic heterocycles. The van der Waals surface area contributed by atoms with Crippen molar-refractivity contribution in [3.8, 4) is 17.0 Å². The van der Waals surface area contributed by atoms with Crippen molar-refractivity contribution >= 4 is 34.0 Å². The third-order valence-electron chi connectivity index (χ3n) is 6.56. The molecular formula is C25H33N3O3S. The fourth-order valence-electron chi connectivity index (χ4n) is 4.71. The average Bonchev–Trinajstić information content (AvgIpc) is 3.28. The zero-order valence-corrected chi connectivity index (χ0v) is 19.9. The normalized spacial score (nSPS) is 20.6. The smallest absolute Gasteiger partial charge is 0.265 e. The molecule has 0 bridgehead atoms. The van der Waals surface area contributed by atoms with Gasteiger partial charge in [0.15, 0.2) is 11.7 Å². The number of hydrogen-bond acceptors (Lipinski definition) is 5. The number of fused-ring (bicyclic) bond motifs is 1. The van der Waals surface area contributed by atoms with Crippen molar-refractivity contribution < 1.29 is 14.3 Å². The molecule has 172 valence electrons. The maximum absolute atomic E-state index is 12.8. The van der Waals surface area contributed by atoms with E-state index in [1.165, 1.54) is 30.6 Å². The number of rotatable bonds is 8. The second kappa shape index (κ2) is 10.5. The van der Waals surface area contributed by atoms with Crippen molar-refractivity contribution in [1.82, 2.24) is 4.98 Å². The van der Waals surface area contributed by atoms with E-state index in [9.17, 15) is 9.59 Å². The highest BCUT2D eigenvalue weighted by molar-refractivity contribution is 7.14. The zero-order chi connectivity index (χ0) is 22.5. The summed E-state index contributed by atoms with van der Waals surface area (Å²) >= 11 is 1.44. The van der Waals surface area contributed by atoms with Gasteiger partial charge in [0, 0.05) is 23.4 Å². The fourth-order valence-corrected chi connectivity index (χ4v) is 5.43. The molecular weight excluding hydrogens is 422 g/mol. The Kier molecular flexibility index (Phi) is 7.45. The van der Waals surface area contributed by atoms with E-state index in [4.69, 9.17) is 4.74 Å². The Labute approximate surface area is 194 Å². The molecule has 1 saturated carbocycles. The van der Waals surface area contributed by atoms with Crippen LogP contribution in [0.25, 0.3) is 11.3 Å². The van der Waals surface area contributed by atoms with Crippen LogP contribution in [0.3, 0.4) is 0 Å². The topological polar surface area (TPSA) is 71.5 Å². The predicted molar refractivity (Wildman–Crippen MR) is 129 cm³/mol. The summed E-state index contributed by atoms with van der Waals surface area (Å²) in [6.45, 7) is 5.04. The summed E-state index contributed by atoms with van der Waals surface area (Å²) < 4.78 is 5.59. The lowest BCUT2D eigenvalue weighted by Gasteiger charge is -2.29. The van der Waals surface area contributed by atoms with E-state index in [1.807, 2.05) is 23.6 Å². The molecule has 1 aromatic heterocycles. The molecule has 0 atom stereocenters. The predicted octanol–water partition coefficient (Wildman–Crippen LogP) is 5.88. The molecule has 1 aromatic carbocycles. The number of nitrogens with one attached hydrogen (secondary N) is 1. The van der Waals surface area contributed by atoms with E-state index >= 15 is 0 Å². The zero-order valence-electron chi connectivity index (χ0n) is 19.1. The quantitative estimate of drug-likeness (QED) is 0.539. The second-order valence-corrected chi connectivity index (χ2v) is 9.76. The molecule has 1 N–H and O–H groups in total. The van der Waals surface area contributed by atoms with E-state index in [2.05, 4.69) is 24.1 Å².